The largest absolute Gasteiger partial charge is 0.419 e. The molecule has 2 aromatic carbocycles. The van der Waals surface area contributed by atoms with Gasteiger partial charge >= 0.3 is 24.3 Å². The van der Waals surface area contributed by atoms with E-state index in [-0.39, 0.29) is 47.2 Å². The lowest BCUT2D eigenvalue weighted by atomic mass is 9.46. The highest BCUT2D eigenvalue weighted by atomic mass is 19.4. The average Bonchev–Trinajstić information content (AvgIpc) is 3.97. The van der Waals surface area contributed by atoms with E-state index >= 15 is 0 Å². The number of hydrogen-bond acceptors (Lipinski definition) is 8. The van der Waals surface area contributed by atoms with E-state index in [0.29, 0.717) is 36.1 Å². The van der Waals surface area contributed by atoms with Gasteiger partial charge in [0, 0.05) is 22.1 Å². The lowest BCUT2D eigenvalue weighted by Gasteiger charge is -2.53. The van der Waals surface area contributed by atoms with Crippen molar-refractivity contribution >= 4 is 17.7 Å². The third kappa shape index (κ3) is 3.82. The standard InChI is InChI=1S/C36H30F6O8/c1-15(2)32-26(49-32)27-34(50-27)31(3)13-12-20-23(21(31)14-22-33(34,48-22)30(32)45)25(47-29(20)44)24(16-4-8-18(9-5-16)35(37,38)39)46-28(43)17-6-10-19(11-7-17)36(40,41)42/h4-11,15,21-22,26-27,30,45H,12-14H2,1-3H3/b25-24+/t21-,22-,26?,27?,30?,31-,32-,33+,34+/m0/s1. The fourth-order valence-electron chi connectivity index (χ4n) is 9.81. The fourth-order valence-corrected chi connectivity index (χ4v) is 9.81. The van der Waals surface area contributed by atoms with Crippen molar-refractivity contribution in [1.82, 2.24) is 0 Å². The summed E-state index contributed by atoms with van der Waals surface area (Å²) < 4.78 is 111. The van der Waals surface area contributed by atoms with Crippen molar-refractivity contribution in [2.24, 2.45) is 17.3 Å². The van der Waals surface area contributed by atoms with Crippen LogP contribution < -0.4 is 0 Å². The van der Waals surface area contributed by atoms with Crippen molar-refractivity contribution < 1.29 is 64.7 Å². The number of aliphatic hydroxyl groups is 1. The summed E-state index contributed by atoms with van der Waals surface area (Å²) in [5.41, 5.74) is -5.11. The second-order valence-corrected chi connectivity index (χ2v) is 14.8. The van der Waals surface area contributed by atoms with Crippen molar-refractivity contribution in [2.45, 2.75) is 93.6 Å². The molecule has 0 amide bonds. The maximum absolute atomic E-state index is 13.5. The Morgan fingerprint density at radius 2 is 1.50 bits per heavy atom. The van der Waals surface area contributed by atoms with E-state index < -0.39 is 75.8 Å². The van der Waals surface area contributed by atoms with E-state index in [1.165, 1.54) is 0 Å². The highest BCUT2D eigenvalue weighted by Gasteiger charge is 3.00. The number of carbonyl (C=O) groups is 2. The number of cyclic esters (lactones) is 1. The normalized spacial score (nSPS) is 40.1. The predicted molar refractivity (Wildman–Crippen MR) is 157 cm³/mol. The number of fused-ring (bicyclic) bond motifs is 4. The minimum absolute atomic E-state index is 0.0174. The van der Waals surface area contributed by atoms with Crippen molar-refractivity contribution in [3.05, 3.63) is 87.7 Å². The van der Waals surface area contributed by atoms with Crippen LogP contribution in [-0.2, 0) is 40.8 Å². The molecule has 7 aliphatic rings. The highest BCUT2D eigenvalue weighted by molar-refractivity contribution is 5.99. The van der Waals surface area contributed by atoms with E-state index in [4.69, 9.17) is 23.7 Å². The van der Waals surface area contributed by atoms with Crippen LogP contribution in [0.5, 0.6) is 0 Å². The summed E-state index contributed by atoms with van der Waals surface area (Å²) in [6.45, 7) is 5.96. The Morgan fingerprint density at radius 1 is 0.900 bits per heavy atom. The molecule has 4 heterocycles. The minimum atomic E-state index is -4.68. The lowest BCUT2D eigenvalue weighted by Crippen LogP contribution is -2.69. The minimum Gasteiger partial charge on any atom is -0.419 e. The zero-order valence-corrected chi connectivity index (χ0v) is 26.8. The molecule has 1 N–H and O–H groups in total. The molecule has 3 aliphatic carbocycles. The van der Waals surface area contributed by atoms with Gasteiger partial charge in [-0.1, -0.05) is 32.9 Å². The SMILES string of the molecule is CC(C)[C@]12OC1C1O[C@@]13[C@@]1(C)CCC4=C(/C(=C(\OC(=O)c5ccc(C(F)(F)F)cc5)c5ccc(C(F)(F)F)cc5)OC4=O)[C@@H]1C[C@@H]1O[C@@]13C2O. The molecule has 50 heavy (non-hydrogen) atoms. The highest BCUT2D eigenvalue weighted by Crippen LogP contribution is 2.83. The number of benzene rings is 2. The molecule has 8 nitrogen and oxygen atoms in total. The molecule has 0 bridgehead atoms. The van der Waals surface area contributed by atoms with Gasteiger partial charge in [0.15, 0.2) is 17.1 Å². The Labute approximate surface area is 281 Å². The van der Waals surface area contributed by atoms with Crippen molar-refractivity contribution in [1.29, 1.82) is 0 Å². The third-order valence-corrected chi connectivity index (χ3v) is 12.4. The molecule has 14 heteroatoms. The van der Waals surface area contributed by atoms with Crippen molar-refractivity contribution in [3.63, 3.8) is 0 Å². The summed E-state index contributed by atoms with van der Waals surface area (Å²) in [7, 11) is 0. The van der Waals surface area contributed by atoms with Gasteiger partial charge < -0.3 is 28.8 Å². The lowest BCUT2D eigenvalue weighted by molar-refractivity contribution is -0.138. The molecule has 3 saturated heterocycles. The number of esters is 2. The number of allylic oxidation sites excluding steroid dienone is 1. The number of epoxide rings is 3. The van der Waals surface area contributed by atoms with E-state index in [1.807, 2.05) is 20.8 Å². The molecule has 4 aliphatic heterocycles. The number of hydrogen-bond donors (Lipinski definition) is 1. The van der Waals surface area contributed by atoms with Gasteiger partial charge in [-0.3, -0.25) is 0 Å². The molecule has 0 radical (unpaired) electrons. The fraction of sp³-hybridized carbons (Fsp3) is 0.500. The van der Waals surface area contributed by atoms with Crippen LogP contribution in [0.15, 0.2) is 65.4 Å². The summed E-state index contributed by atoms with van der Waals surface area (Å²) in [6, 6.07) is 6.96. The second-order valence-electron chi connectivity index (χ2n) is 14.8. The molecule has 2 aromatic rings. The molecule has 264 valence electrons. The Morgan fingerprint density at radius 3 is 2.08 bits per heavy atom. The van der Waals surface area contributed by atoms with E-state index in [0.717, 1.165) is 36.4 Å². The predicted octanol–water partition coefficient (Wildman–Crippen LogP) is 6.37. The first-order valence-electron chi connectivity index (χ1n) is 16.4. The monoisotopic (exact) mass is 704 g/mol. The second kappa shape index (κ2) is 9.58. The molecule has 5 fully saturated rings. The van der Waals surface area contributed by atoms with Crippen LogP contribution in [0.3, 0.4) is 0 Å². The number of aliphatic hydroxyl groups excluding tert-OH is 1. The Kier molecular flexibility index (Phi) is 6.17. The smallest absolute Gasteiger partial charge is 0.416 e. The van der Waals surface area contributed by atoms with E-state index in [2.05, 4.69) is 0 Å². The van der Waals surface area contributed by atoms with Crippen LogP contribution in [0, 0.1) is 17.3 Å². The van der Waals surface area contributed by atoms with Crippen LogP contribution in [0.4, 0.5) is 26.3 Å². The molecule has 0 aromatic heterocycles. The Bertz CT molecular complexity index is 1930. The van der Waals surface area contributed by atoms with Gasteiger partial charge in [-0.2, -0.15) is 26.3 Å². The first-order chi connectivity index (χ1) is 23.4. The average molecular weight is 705 g/mol. The molecule has 9 rings (SSSR count). The summed E-state index contributed by atoms with van der Waals surface area (Å²) >= 11 is 0. The van der Waals surface area contributed by atoms with Gasteiger partial charge in [0.1, 0.15) is 29.5 Å². The maximum Gasteiger partial charge on any atom is 0.416 e. The van der Waals surface area contributed by atoms with Gasteiger partial charge in [0.05, 0.1) is 22.8 Å². The summed E-state index contributed by atoms with van der Waals surface area (Å²) in [5.74, 6) is -2.87. The van der Waals surface area contributed by atoms with Gasteiger partial charge in [0.25, 0.3) is 0 Å². The topological polar surface area (TPSA) is 110 Å². The summed E-state index contributed by atoms with van der Waals surface area (Å²) in [6.07, 6.45) is -10.5. The summed E-state index contributed by atoms with van der Waals surface area (Å²) in [4.78, 5) is 26.9. The van der Waals surface area contributed by atoms with Crippen LogP contribution in [-0.4, -0.2) is 58.3 Å². The molecule has 2 spiro atoms. The van der Waals surface area contributed by atoms with Gasteiger partial charge in [0.2, 0.25) is 0 Å². The molecular formula is C36H30F6O8. The zero-order chi connectivity index (χ0) is 35.6. The molecule has 3 unspecified atom stereocenters. The number of halogens is 6. The maximum atomic E-state index is 13.5. The molecule has 9 atom stereocenters. The first kappa shape index (κ1) is 32.2. The Balaban J connectivity index is 1.14. The third-order valence-electron chi connectivity index (χ3n) is 12.4. The van der Waals surface area contributed by atoms with Crippen molar-refractivity contribution in [2.75, 3.05) is 0 Å². The van der Waals surface area contributed by atoms with Crippen LogP contribution in [0.1, 0.15) is 67.1 Å². The van der Waals surface area contributed by atoms with Gasteiger partial charge in [-0.25, -0.2) is 9.59 Å². The Hall–Kier alpha value is -3.72. The molecule has 2 saturated carbocycles. The number of alkyl halides is 6. The number of rotatable bonds is 4. The van der Waals surface area contributed by atoms with Crippen LogP contribution in [0.25, 0.3) is 5.76 Å². The van der Waals surface area contributed by atoms with Crippen molar-refractivity contribution in [3.8, 4) is 0 Å². The van der Waals surface area contributed by atoms with Gasteiger partial charge in [-0.05, 0) is 67.5 Å². The molecular weight excluding hydrogens is 674 g/mol. The van der Waals surface area contributed by atoms with Gasteiger partial charge in [-0.15, -0.1) is 0 Å². The first-order valence-corrected chi connectivity index (χ1v) is 16.4. The quantitative estimate of drug-likeness (QED) is 0.169. The van der Waals surface area contributed by atoms with Crippen LogP contribution >= 0.6 is 0 Å². The van der Waals surface area contributed by atoms with E-state index in [1.54, 1.807) is 0 Å². The van der Waals surface area contributed by atoms with E-state index in [9.17, 15) is 41.0 Å². The summed E-state index contributed by atoms with van der Waals surface area (Å²) in [5, 5.41) is 11.9. The zero-order valence-electron chi connectivity index (χ0n) is 26.8. The van der Waals surface area contributed by atoms with Crippen LogP contribution in [0.2, 0.25) is 0 Å². The number of carbonyl (C=O) groups excluding carboxylic acids is 2. The number of ether oxygens (including phenoxy) is 5.